The summed E-state index contributed by atoms with van der Waals surface area (Å²) in [5, 5.41) is 21.1. The molecule has 7 nitrogen and oxygen atoms in total. The fourth-order valence-electron chi connectivity index (χ4n) is 4.36. The Balaban J connectivity index is 1.34. The number of halogens is 1. The average molecular weight is 542 g/mol. The molecule has 5 rings (SSSR count). The number of nitrogens with zero attached hydrogens (tertiary/aromatic N) is 3. The Morgan fingerprint density at radius 2 is 2.00 bits per heavy atom. The van der Waals surface area contributed by atoms with E-state index in [1.807, 2.05) is 60.1 Å². The van der Waals surface area contributed by atoms with Crippen molar-refractivity contribution in [3.8, 4) is 23.1 Å². The molecule has 1 aliphatic rings. The van der Waals surface area contributed by atoms with Crippen LogP contribution in [0.3, 0.4) is 0 Å². The third-order valence-corrected chi connectivity index (χ3v) is 6.75. The predicted octanol–water partition coefficient (Wildman–Crippen LogP) is 5.73. The van der Waals surface area contributed by atoms with Crippen molar-refractivity contribution in [2.24, 2.45) is 0 Å². The normalized spacial score (nSPS) is 11.9. The highest BCUT2D eigenvalue weighted by Gasteiger charge is 2.23. The van der Waals surface area contributed by atoms with Crippen molar-refractivity contribution < 1.29 is 9.53 Å². The number of methoxy groups -OCH3 is 1. The molecule has 1 amide bonds. The lowest BCUT2D eigenvalue weighted by Gasteiger charge is -2.10. The molecule has 2 heterocycles. The molecular formula is C28H24BrN5O2. The predicted molar refractivity (Wildman–Crippen MR) is 142 cm³/mol. The Labute approximate surface area is 217 Å². The number of aromatic nitrogens is 2. The van der Waals surface area contributed by atoms with Gasteiger partial charge in [0.05, 0.1) is 12.7 Å². The second-order valence-electron chi connectivity index (χ2n) is 8.67. The van der Waals surface area contributed by atoms with E-state index in [2.05, 4.69) is 38.7 Å². The van der Waals surface area contributed by atoms with Crippen molar-refractivity contribution in [3.63, 3.8) is 0 Å². The lowest BCUT2D eigenvalue weighted by Crippen LogP contribution is -2.23. The third kappa shape index (κ3) is 4.58. The first kappa shape index (κ1) is 23.6. The number of aryl methyl sites for hydroxylation is 3. The quantitative estimate of drug-likeness (QED) is 0.336. The van der Waals surface area contributed by atoms with Gasteiger partial charge in [-0.1, -0.05) is 51.8 Å². The summed E-state index contributed by atoms with van der Waals surface area (Å²) in [6, 6.07) is 21.7. The highest BCUT2D eigenvalue weighted by molar-refractivity contribution is 9.10. The van der Waals surface area contributed by atoms with Crippen LogP contribution < -0.4 is 15.4 Å². The van der Waals surface area contributed by atoms with Crippen molar-refractivity contribution in [2.75, 3.05) is 12.4 Å². The summed E-state index contributed by atoms with van der Waals surface area (Å²) in [6.07, 6.45) is 0.811. The van der Waals surface area contributed by atoms with E-state index in [1.165, 1.54) is 5.56 Å². The molecule has 0 aliphatic carbocycles. The molecule has 0 saturated heterocycles. The van der Waals surface area contributed by atoms with Crippen LogP contribution in [0.15, 0.2) is 65.1 Å². The second kappa shape index (κ2) is 9.88. The molecule has 0 spiro atoms. The number of amides is 1. The summed E-state index contributed by atoms with van der Waals surface area (Å²) in [6.45, 7) is 2.98. The Hall–Kier alpha value is -4.09. The molecular weight excluding hydrogens is 518 g/mol. The summed E-state index contributed by atoms with van der Waals surface area (Å²) >= 11 is 3.53. The zero-order valence-corrected chi connectivity index (χ0v) is 21.5. The monoisotopic (exact) mass is 541 g/mol. The maximum Gasteiger partial charge on any atom is 0.255 e. The van der Waals surface area contributed by atoms with Gasteiger partial charge in [-0.15, -0.1) is 0 Å². The molecule has 0 saturated carbocycles. The molecule has 2 N–H and O–H groups in total. The number of rotatable bonds is 5. The summed E-state index contributed by atoms with van der Waals surface area (Å²) < 4.78 is 8.22. The average Bonchev–Trinajstić information content (AvgIpc) is 3.14. The first-order valence-corrected chi connectivity index (χ1v) is 12.3. The number of benzene rings is 3. The standard InChI is InChI=1S/C28H24BrN5O2/c1-17-3-10-25(36-2)22(13-17)28(35)31-16-18-4-6-19(7-5-18)26-23(15-30)27-32-24-9-8-21(29)14-20(24)11-12-34(27)33-26/h3-10,13-14,32H,11-12,16H2,1-2H3,(H,31,35). The molecule has 4 aromatic rings. The minimum Gasteiger partial charge on any atom is -0.496 e. The minimum absolute atomic E-state index is 0.192. The van der Waals surface area contributed by atoms with Gasteiger partial charge in [0.15, 0.2) is 0 Å². The SMILES string of the molecule is COc1ccc(C)cc1C(=O)NCc1ccc(-c2nn3c(c2C#N)Nc2ccc(Br)cc2CC3)cc1. The van der Waals surface area contributed by atoms with Crippen LogP contribution in [0, 0.1) is 18.3 Å². The Kier molecular flexibility index (Phi) is 6.49. The van der Waals surface area contributed by atoms with Crippen LogP contribution in [0.4, 0.5) is 11.5 Å². The van der Waals surface area contributed by atoms with Crippen LogP contribution in [0.25, 0.3) is 11.3 Å². The molecule has 1 aromatic heterocycles. The van der Waals surface area contributed by atoms with Crippen LogP contribution in [0.2, 0.25) is 0 Å². The van der Waals surface area contributed by atoms with E-state index < -0.39 is 0 Å². The Morgan fingerprint density at radius 3 is 2.75 bits per heavy atom. The third-order valence-electron chi connectivity index (χ3n) is 6.26. The van der Waals surface area contributed by atoms with Gasteiger partial charge in [-0.25, -0.2) is 4.68 Å². The van der Waals surface area contributed by atoms with E-state index in [0.29, 0.717) is 41.5 Å². The topological polar surface area (TPSA) is 92.0 Å². The van der Waals surface area contributed by atoms with Crippen LogP contribution in [0.5, 0.6) is 5.75 Å². The van der Waals surface area contributed by atoms with Gasteiger partial charge in [-0.3, -0.25) is 4.79 Å². The lowest BCUT2D eigenvalue weighted by atomic mass is 10.1. The van der Waals surface area contributed by atoms with Crippen LogP contribution in [0.1, 0.15) is 32.6 Å². The molecule has 8 heteroatoms. The maximum atomic E-state index is 12.7. The molecule has 180 valence electrons. The number of nitrogens with one attached hydrogen (secondary N) is 2. The summed E-state index contributed by atoms with van der Waals surface area (Å²) in [4.78, 5) is 12.7. The summed E-state index contributed by atoms with van der Waals surface area (Å²) in [7, 11) is 1.55. The number of anilines is 2. The van der Waals surface area contributed by atoms with E-state index in [1.54, 1.807) is 13.2 Å². The molecule has 0 unspecified atom stereocenters. The highest BCUT2D eigenvalue weighted by Crippen LogP contribution is 2.35. The van der Waals surface area contributed by atoms with Crippen LogP contribution in [-0.4, -0.2) is 22.8 Å². The van der Waals surface area contributed by atoms with E-state index in [4.69, 9.17) is 9.84 Å². The zero-order valence-electron chi connectivity index (χ0n) is 19.9. The Bertz CT molecular complexity index is 1500. The number of fused-ring (bicyclic) bond motifs is 2. The van der Waals surface area contributed by atoms with Crippen molar-refractivity contribution in [1.29, 1.82) is 5.26 Å². The lowest BCUT2D eigenvalue weighted by molar-refractivity contribution is 0.0948. The summed E-state index contributed by atoms with van der Waals surface area (Å²) in [5.74, 6) is 1.06. The van der Waals surface area contributed by atoms with Gasteiger partial charge in [0.1, 0.15) is 28.9 Å². The van der Waals surface area contributed by atoms with Crippen molar-refractivity contribution in [3.05, 3.63) is 93.0 Å². The van der Waals surface area contributed by atoms with Crippen LogP contribution in [-0.2, 0) is 19.5 Å². The molecule has 0 radical (unpaired) electrons. The fraction of sp³-hybridized carbons (Fsp3) is 0.179. The minimum atomic E-state index is -0.192. The Morgan fingerprint density at radius 1 is 1.19 bits per heavy atom. The number of hydrogen-bond donors (Lipinski definition) is 2. The van der Waals surface area contributed by atoms with Gasteiger partial charge in [-0.2, -0.15) is 10.4 Å². The van der Waals surface area contributed by atoms with Gasteiger partial charge in [-0.05, 0) is 54.8 Å². The highest BCUT2D eigenvalue weighted by atomic mass is 79.9. The number of hydrogen-bond acceptors (Lipinski definition) is 5. The van der Waals surface area contributed by atoms with Crippen molar-refractivity contribution >= 4 is 33.3 Å². The van der Waals surface area contributed by atoms with Gasteiger partial charge >= 0.3 is 0 Å². The van der Waals surface area contributed by atoms with Gasteiger partial charge in [0.2, 0.25) is 0 Å². The zero-order chi connectivity index (χ0) is 25.2. The van der Waals surface area contributed by atoms with E-state index >= 15 is 0 Å². The number of carbonyl (C=O) groups is 1. The van der Waals surface area contributed by atoms with E-state index in [9.17, 15) is 10.1 Å². The van der Waals surface area contributed by atoms with Gasteiger partial charge < -0.3 is 15.4 Å². The molecule has 0 atom stereocenters. The molecule has 3 aromatic carbocycles. The molecule has 1 aliphatic heterocycles. The fourth-order valence-corrected chi connectivity index (χ4v) is 4.77. The summed E-state index contributed by atoms with van der Waals surface area (Å²) in [5.41, 5.74) is 6.60. The number of nitriles is 1. The van der Waals surface area contributed by atoms with Crippen LogP contribution >= 0.6 is 15.9 Å². The van der Waals surface area contributed by atoms with Gasteiger partial charge in [0, 0.05) is 28.8 Å². The maximum absolute atomic E-state index is 12.7. The number of carbonyl (C=O) groups excluding carboxylic acids is 1. The van der Waals surface area contributed by atoms with E-state index in [0.717, 1.165) is 33.3 Å². The second-order valence-corrected chi connectivity index (χ2v) is 9.58. The molecule has 0 bridgehead atoms. The first-order valence-electron chi connectivity index (χ1n) is 11.6. The van der Waals surface area contributed by atoms with Crippen molar-refractivity contribution in [1.82, 2.24) is 15.1 Å². The number of ether oxygens (including phenoxy) is 1. The van der Waals surface area contributed by atoms with Gasteiger partial charge in [0.25, 0.3) is 5.91 Å². The van der Waals surface area contributed by atoms with E-state index in [-0.39, 0.29) is 5.91 Å². The first-order chi connectivity index (χ1) is 17.5. The molecule has 36 heavy (non-hydrogen) atoms. The smallest absolute Gasteiger partial charge is 0.255 e. The molecule has 0 fully saturated rings. The largest absolute Gasteiger partial charge is 0.496 e. The van der Waals surface area contributed by atoms with Crippen molar-refractivity contribution in [2.45, 2.75) is 26.4 Å².